The van der Waals surface area contributed by atoms with Crippen molar-refractivity contribution in [1.29, 1.82) is 0 Å². The van der Waals surface area contributed by atoms with Gasteiger partial charge in [0.25, 0.3) is 0 Å². The first kappa shape index (κ1) is 16.4. The van der Waals surface area contributed by atoms with Crippen molar-refractivity contribution in [3.8, 4) is 0 Å². The molecule has 0 spiro atoms. The maximum absolute atomic E-state index is 13.1. The van der Waals surface area contributed by atoms with Crippen molar-refractivity contribution in [2.24, 2.45) is 0 Å². The van der Waals surface area contributed by atoms with Crippen molar-refractivity contribution in [2.75, 3.05) is 6.54 Å². The minimum Gasteiger partial charge on any atom is -0.383 e. The van der Waals surface area contributed by atoms with E-state index in [1.165, 1.54) is 18.3 Å². The van der Waals surface area contributed by atoms with Crippen LogP contribution < -0.4 is 4.72 Å². The first-order valence-corrected chi connectivity index (χ1v) is 8.67. The maximum Gasteiger partial charge on any atom is 0.240 e. The van der Waals surface area contributed by atoms with E-state index in [1.54, 1.807) is 17.5 Å². The molecule has 0 aliphatic heterocycles. The summed E-state index contributed by atoms with van der Waals surface area (Å²) in [6.07, 6.45) is 0. The van der Waals surface area contributed by atoms with E-state index in [1.807, 2.05) is 0 Å². The lowest BCUT2D eigenvalue weighted by molar-refractivity contribution is 0.0666. The Morgan fingerprint density at radius 2 is 2.14 bits per heavy atom. The van der Waals surface area contributed by atoms with Crippen LogP contribution in [-0.2, 0) is 15.6 Å². The molecule has 1 atom stereocenters. The summed E-state index contributed by atoms with van der Waals surface area (Å²) < 4.78 is 39.6. The molecule has 0 saturated carbocycles. The van der Waals surface area contributed by atoms with E-state index in [0.717, 1.165) is 18.2 Å². The standard InChI is InChI=1S/C13H13ClFNO3S2/c1-13(17,12-3-2-6-20-12)8-16-21(18,19)9-4-5-11(15)10(14)7-9/h2-7,16-17H,8H2,1H3. The number of hydrogen-bond acceptors (Lipinski definition) is 4. The number of aliphatic hydroxyl groups is 1. The van der Waals surface area contributed by atoms with Gasteiger partial charge in [0.2, 0.25) is 10.0 Å². The Hall–Kier alpha value is -0.990. The zero-order chi connectivity index (χ0) is 15.7. The smallest absolute Gasteiger partial charge is 0.240 e. The largest absolute Gasteiger partial charge is 0.383 e. The van der Waals surface area contributed by atoms with Crippen LogP contribution in [0.3, 0.4) is 0 Å². The van der Waals surface area contributed by atoms with Crippen molar-refractivity contribution in [2.45, 2.75) is 17.4 Å². The van der Waals surface area contributed by atoms with Crippen molar-refractivity contribution in [3.63, 3.8) is 0 Å². The summed E-state index contributed by atoms with van der Waals surface area (Å²) in [5.41, 5.74) is -1.33. The van der Waals surface area contributed by atoms with Gasteiger partial charge >= 0.3 is 0 Å². The minimum absolute atomic E-state index is 0.157. The normalized spacial score (nSPS) is 14.9. The summed E-state index contributed by atoms with van der Waals surface area (Å²) in [7, 11) is -3.88. The number of sulfonamides is 1. The monoisotopic (exact) mass is 349 g/mol. The first-order chi connectivity index (χ1) is 9.72. The summed E-state index contributed by atoms with van der Waals surface area (Å²) in [4.78, 5) is 0.484. The van der Waals surface area contributed by atoms with E-state index in [-0.39, 0.29) is 16.5 Å². The molecule has 4 nitrogen and oxygen atoms in total. The predicted octanol–water partition coefficient (Wildman–Crippen LogP) is 2.73. The van der Waals surface area contributed by atoms with Gasteiger partial charge in [0.05, 0.1) is 9.92 Å². The molecule has 0 radical (unpaired) electrons. The molecule has 0 bridgehead atoms. The van der Waals surface area contributed by atoms with Gasteiger partial charge in [-0.25, -0.2) is 17.5 Å². The Labute approximate surface area is 131 Å². The van der Waals surface area contributed by atoms with Gasteiger partial charge in [0.1, 0.15) is 11.4 Å². The zero-order valence-corrected chi connectivity index (χ0v) is 13.4. The molecule has 2 aromatic rings. The number of nitrogens with one attached hydrogen (secondary N) is 1. The Morgan fingerprint density at radius 1 is 1.43 bits per heavy atom. The highest BCUT2D eigenvalue weighted by Gasteiger charge is 2.27. The van der Waals surface area contributed by atoms with Crippen LogP contribution in [0.1, 0.15) is 11.8 Å². The van der Waals surface area contributed by atoms with Crippen LogP contribution in [0.25, 0.3) is 0 Å². The number of halogens is 2. The molecule has 0 aliphatic rings. The van der Waals surface area contributed by atoms with Gasteiger partial charge in [-0.2, -0.15) is 0 Å². The highest BCUT2D eigenvalue weighted by Crippen LogP contribution is 2.25. The lowest BCUT2D eigenvalue weighted by Gasteiger charge is -2.22. The molecule has 2 rings (SSSR count). The van der Waals surface area contributed by atoms with E-state index in [0.29, 0.717) is 4.88 Å². The van der Waals surface area contributed by atoms with Crippen LogP contribution in [-0.4, -0.2) is 20.1 Å². The fraction of sp³-hybridized carbons (Fsp3) is 0.231. The first-order valence-electron chi connectivity index (χ1n) is 5.93. The molecule has 8 heteroatoms. The van der Waals surface area contributed by atoms with Gasteiger partial charge in [-0.15, -0.1) is 11.3 Å². The fourth-order valence-electron chi connectivity index (χ4n) is 1.64. The number of rotatable bonds is 5. The van der Waals surface area contributed by atoms with Crippen LogP contribution in [0.5, 0.6) is 0 Å². The Kier molecular flexibility index (Phi) is 4.69. The average Bonchev–Trinajstić information content (AvgIpc) is 2.94. The van der Waals surface area contributed by atoms with Gasteiger partial charge < -0.3 is 5.11 Å². The zero-order valence-electron chi connectivity index (χ0n) is 11.0. The minimum atomic E-state index is -3.88. The molecule has 0 aliphatic carbocycles. The van der Waals surface area contributed by atoms with Crippen molar-refractivity contribution in [3.05, 3.63) is 51.4 Å². The molecule has 1 aromatic heterocycles. The fourth-order valence-corrected chi connectivity index (χ4v) is 3.83. The number of benzene rings is 1. The Bertz CT molecular complexity index is 730. The molecule has 1 unspecified atom stereocenters. The molecule has 0 fully saturated rings. The topological polar surface area (TPSA) is 66.4 Å². The summed E-state index contributed by atoms with van der Waals surface area (Å²) in [6, 6.07) is 6.60. The van der Waals surface area contributed by atoms with Gasteiger partial charge in [0.15, 0.2) is 0 Å². The van der Waals surface area contributed by atoms with Crippen molar-refractivity contribution >= 4 is 33.0 Å². The van der Waals surface area contributed by atoms with E-state index >= 15 is 0 Å². The molecule has 0 amide bonds. The van der Waals surface area contributed by atoms with Gasteiger partial charge in [-0.1, -0.05) is 17.7 Å². The van der Waals surface area contributed by atoms with Crippen molar-refractivity contribution < 1.29 is 17.9 Å². The van der Waals surface area contributed by atoms with Gasteiger partial charge in [-0.3, -0.25) is 0 Å². The molecule has 2 N–H and O–H groups in total. The lowest BCUT2D eigenvalue weighted by Crippen LogP contribution is -2.38. The van der Waals surface area contributed by atoms with Crippen LogP contribution in [0, 0.1) is 5.82 Å². The molecule has 0 saturated heterocycles. The van der Waals surface area contributed by atoms with E-state index < -0.39 is 21.4 Å². The number of hydrogen-bond donors (Lipinski definition) is 2. The molecule has 1 heterocycles. The second kappa shape index (κ2) is 6.02. The van der Waals surface area contributed by atoms with E-state index in [2.05, 4.69) is 4.72 Å². The van der Waals surface area contributed by atoms with Crippen LogP contribution in [0.4, 0.5) is 4.39 Å². The second-order valence-electron chi connectivity index (χ2n) is 4.65. The molecule has 114 valence electrons. The molecule has 21 heavy (non-hydrogen) atoms. The second-order valence-corrected chi connectivity index (χ2v) is 7.77. The average molecular weight is 350 g/mol. The quantitative estimate of drug-likeness (QED) is 0.872. The third-order valence-corrected chi connectivity index (χ3v) is 5.67. The maximum atomic E-state index is 13.1. The Balaban J connectivity index is 2.16. The summed E-state index contributed by atoms with van der Waals surface area (Å²) in [5.74, 6) is -0.693. The third kappa shape index (κ3) is 3.81. The highest BCUT2D eigenvalue weighted by atomic mass is 35.5. The van der Waals surface area contributed by atoms with Crippen LogP contribution in [0.15, 0.2) is 40.6 Å². The molecular weight excluding hydrogens is 337 g/mol. The predicted molar refractivity (Wildman–Crippen MR) is 80.5 cm³/mol. The summed E-state index contributed by atoms with van der Waals surface area (Å²) >= 11 is 6.90. The van der Waals surface area contributed by atoms with Crippen LogP contribution >= 0.6 is 22.9 Å². The SMILES string of the molecule is CC(O)(CNS(=O)(=O)c1ccc(F)c(Cl)c1)c1cccs1. The highest BCUT2D eigenvalue weighted by molar-refractivity contribution is 7.89. The summed E-state index contributed by atoms with van der Waals surface area (Å²) in [6.45, 7) is 1.31. The molecular formula is C13H13ClFNO3S2. The van der Waals surface area contributed by atoms with E-state index in [4.69, 9.17) is 11.6 Å². The Morgan fingerprint density at radius 3 is 2.71 bits per heavy atom. The van der Waals surface area contributed by atoms with Crippen molar-refractivity contribution in [1.82, 2.24) is 4.72 Å². The van der Waals surface area contributed by atoms with Crippen LogP contribution in [0.2, 0.25) is 5.02 Å². The third-order valence-electron chi connectivity index (χ3n) is 2.86. The van der Waals surface area contributed by atoms with Gasteiger partial charge in [0, 0.05) is 11.4 Å². The van der Waals surface area contributed by atoms with E-state index in [9.17, 15) is 17.9 Å². The summed E-state index contributed by atoms with van der Waals surface area (Å²) in [5, 5.41) is 11.8. The molecule has 1 aromatic carbocycles. The number of thiophene rings is 1. The van der Waals surface area contributed by atoms with Gasteiger partial charge in [-0.05, 0) is 36.6 Å². The lowest BCUT2D eigenvalue weighted by atomic mass is 10.1.